The summed E-state index contributed by atoms with van der Waals surface area (Å²) in [4.78, 5) is 16.5. The third-order valence-electron chi connectivity index (χ3n) is 3.55. The van der Waals surface area contributed by atoms with Crippen LogP contribution in [0.5, 0.6) is 0 Å². The van der Waals surface area contributed by atoms with Crippen LogP contribution in [0, 0.1) is 0 Å². The first-order valence-electron chi connectivity index (χ1n) is 7.07. The molecule has 0 aromatic carbocycles. The highest BCUT2D eigenvalue weighted by Gasteiger charge is 2.24. The summed E-state index contributed by atoms with van der Waals surface area (Å²) >= 11 is 5.99. The van der Waals surface area contributed by atoms with Crippen molar-refractivity contribution >= 4 is 17.5 Å². The van der Waals surface area contributed by atoms with Gasteiger partial charge in [-0.15, -0.1) is 0 Å². The highest BCUT2D eigenvalue weighted by molar-refractivity contribution is 6.29. The molecule has 20 heavy (non-hydrogen) atoms. The molecule has 1 aromatic rings. The van der Waals surface area contributed by atoms with E-state index in [1.807, 2.05) is 20.8 Å². The van der Waals surface area contributed by atoms with Crippen molar-refractivity contribution in [1.82, 2.24) is 10.3 Å². The van der Waals surface area contributed by atoms with Gasteiger partial charge >= 0.3 is 0 Å². The zero-order valence-corrected chi connectivity index (χ0v) is 12.9. The van der Waals surface area contributed by atoms with Crippen molar-refractivity contribution in [2.24, 2.45) is 0 Å². The van der Waals surface area contributed by atoms with E-state index in [2.05, 4.69) is 10.3 Å². The molecule has 0 bridgehead atoms. The van der Waals surface area contributed by atoms with E-state index >= 15 is 0 Å². The second-order valence-electron chi connectivity index (χ2n) is 5.57. The van der Waals surface area contributed by atoms with Crippen LogP contribution in [0.2, 0.25) is 5.15 Å². The van der Waals surface area contributed by atoms with Crippen LogP contribution in [0.3, 0.4) is 0 Å². The Morgan fingerprint density at radius 2 is 2.20 bits per heavy atom. The number of pyridine rings is 1. The van der Waals surface area contributed by atoms with Crippen LogP contribution in [0.25, 0.3) is 0 Å². The summed E-state index contributed by atoms with van der Waals surface area (Å²) in [6.07, 6.45) is 2.17. The molecule has 1 aromatic heterocycles. The first-order chi connectivity index (χ1) is 9.47. The van der Waals surface area contributed by atoms with E-state index in [0.29, 0.717) is 10.7 Å². The minimum absolute atomic E-state index is 0.000518. The molecule has 1 aliphatic rings. The van der Waals surface area contributed by atoms with Crippen molar-refractivity contribution in [3.05, 3.63) is 28.5 Å². The number of nitrogens with one attached hydrogen (secondary N) is 1. The van der Waals surface area contributed by atoms with Crippen LogP contribution in [0.1, 0.15) is 55.6 Å². The quantitative estimate of drug-likeness (QED) is 0.868. The Kier molecular flexibility index (Phi) is 5.00. The maximum Gasteiger partial charge on any atom is 0.251 e. The summed E-state index contributed by atoms with van der Waals surface area (Å²) < 4.78 is 5.58. The normalized spacial score (nSPS) is 20.1. The van der Waals surface area contributed by atoms with Gasteiger partial charge in [0.05, 0.1) is 12.1 Å². The molecule has 0 radical (unpaired) electrons. The number of hydrogen-bond acceptors (Lipinski definition) is 3. The zero-order valence-electron chi connectivity index (χ0n) is 12.1. The monoisotopic (exact) mass is 296 g/mol. The molecular formula is C15H21ClN2O2. The average molecular weight is 297 g/mol. The van der Waals surface area contributed by atoms with Crippen LogP contribution < -0.4 is 5.32 Å². The molecule has 2 rings (SSSR count). The summed E-state index contributed by atoms with van der Waals surface area (Å²) in [5, 5.41) is 3.33. The molecule has 1 aliphatic heterocycles. The van der Waals surface area contributed by atoms with Crippen molar-refractivity contribution in [2.45, 2.75) is 51.7 Å². The summed E-state index contributed by atoms with van der Waals surface area (Å²) in [7, 11) is 0. The summed E-state index contributed by atoms with van der Waals surface area (Å²) in [5.74, 6) is 0.107. The molecule has 0 aliphatic carbocycles. The number of carbonyl (C=O) groups is 1. The lowest BCUT2D eigenvalue weighted by Gasteiger charge is -2.20. The molecule has 0 spiro atoms. The van der Waals surface area contributed by atoms with Crippen molar-refractivity contribution in [3.8, 4) is 0 Å². The molecule has 4 nitrogen and oxygen atoms in total. The lowest BCUT2D eigenvalue weighted by Crippen LogP contribution is -2.40. The van der Waals surface area contributed by atoms with Crippen LogP contribution in [-0.2, 0) is 4.74 Å². The Hall–Kier alpha value is -1.13. The SMILES string of the molecule is CC(C)c1cc(C(=O)NC(C)C2CCCO2)cc(Cl)n1. The number of ether oxygens (including phenoxy) is 1. The topological polar surface area (TPSA) is 51.2 Å². The van der Waals surface area contributed by atoms with Gasteiger partial charge in [0.15, 0.2) is 0 Å². The predicted octanol–water partition coefficient (Wildman–Crippen LogP) is 3.16. The molecule has 5 heteroatoms. The highest BCUT2D eigenvalue weighted by atomic mass is 35.5. The van der Waals surface area contributed by atoms with Gasteiger partial charge in [-0.05, 0) is 37.8 Å². The van der Waals surface area contributed by atoms with Crippen molar-refractivity contribution < 1.29 is 9.53 Å². The summed E-state index contributed by atoms with van der Waals surface area (Å²) in [6, 6.07) is 3.40. The Bertz CT molecular complexity index is 485. The molecule has 0 saturated carbocycles. The van der Waals surface area contributed by atoms with E-state index in [0.717, 1.165) is 25.1 Å². The minimum Gasteiger partial charge on any atom is -0.376 e. The Morgan fingerprint density at radius 1 is 1.45 bits per heavy atom. The molecule has 2 heterocycles. The van der Waals surface area contributed by atoms with Gasteiger partial charge < -0.3 is 10.1 Å². The third kappa shape index (κ3) is 3.70. The van der Waals surface area contributed by atoms with Crippen molar-refractivity contribution in [3.63, 3.8) is 0 Å². The number of amides is 1. The molecule has 1 N–H and O–H groups in total. The second kappa shape index (κ2) is 6.55. The van der Waals surface area contributed by atoms with E-state index in [4.69, 9.17) is 16.3 Å². The smallest absolute Gasteiger partial charge is 0.251 e. The number of nitrogens with zero attached hydrogens (tertiary/aromatic N) is 1. The van der Waals surface area contributed by atoms with Crippen LogP contribution in [0.4, 0.5) is 0 Å². The van der Waals surface area contributed by atoms with Gasteiger partial charge in [-0.2, -0.15) is 0 Å². The van der Waals surface area contributed by atoms with E-state index in [1.165, 1.54) is 0 Å². The fraction of sp³-hybridized carbons (Fsp3) is 0.600. The van der Waals surface area contributed by atoms with Gasteiger partial charge in [0.2, 0.25) is 0 Å². The molecule has 1 amide bonds. The van der Waals surface area contributed by atoms with Crippen LogP contribution in [0.15, 0.2) is 12.1 Å². The van der Waals surface area contributed by atoms with Gasteiger partial charge in [-0.1, -0.05) is 25.4 Å². The largest absolute Gasteiger partial charge is 0.376 e. The standard InChI is InChI=1S/C15H21ClN2O2/c1-9(2)12-7-11(8-14(16)18-12)15(19)17-10(3)13-5-4-6-20-13/h7-10,13H,4-6H2,1-3H3,(H,17,19). The molecule has 2 atom stereocenters. The average Bonchev–Trinajstić information content (AvgIpc) is 2.91. The third-order valence-corrected chi connectivity index (χ3v) is 3.74. The lowest BCUT2D eigenvalue weighted by molar-refractivity contribution is 0.0712. The first kappa shape index (κ1) is 15.3. The number of carbonyl (C=O) groups excluding carboxylic acids is 1. The fourth-order valence-corrected chi connectivity index (χ4v) is 2.54. The van der Waals surface area contributed by atoms with Gasteiger partial charge in [-0.3, -0.25) is 4.79 Å². The van der Waals surface area contributed by atoms with Gasteiger partial charge in [0.1, 0.15) is 5.15 Å². The highest BCUT2D eigenvalue weighted by Crippen LogP contribution is 2.19. The zero-order chi connectivity index (χ0) is 14.7. The molecule has 1 fully saturated rings. The Morgan fingerprint density at radius 3 is 2.80 bits per heavy atom. The van der Waals surface area contributed by atoms with Crippen molar-refractivity contribution in [1.29, 1.82) is 0 Å². The van der Waals surface area contributed by atoms with Crippen LogP contribution in [-0.4, -0.2) is 29.6 Å². The molecule has 1 saturated heterocycles. The minimum atomic E-state index is -0.126. The molecule has 110 valence electrons. The number of halogens is 1. The van der Waals surface area contributed by atoms with E-state index in [-0.39, 0.29) is 24.0 Å². The maximum absolute atomic E-state index is 12.3. The van der Waals surface area contributed by atoms with Gasteiger partial charge in [-0.25, -0.2) is 4.98 Å². The second-order valence-corrected chi connectivity index (χ2v) is 5.96. The predicted molar refractivity (Wildman–Crippen MR) is 79.2 cm³/mol. The Labute approximate surface area is 124 Å². The van der Waals surface area contributed by atoms with Crippen LogP contribution >= 0.6 is 11.6 Å². The number of rotatable bonds is 4. The number of hydrogen-bond donors (Lipinski definition) is 1. The first-order valence-corrected chi connectivity index (χ1v) is 7.45. The van der Waals surface area contributed by atoms with E-state index < -0.39 is 0 Å². The lowest BCUT2D eigenvalue weighted by atomic mass is 10.1. The summed E-state index contributed by atoms with van der Waals surface area (Å²) in [5.41, 5.74) is 1.38. The van der Waals surface area contributed by atoms with E-state index in [1.54, 1.807) is 12.1 Å². The molecular weight excluding hydrogens is 276 g/mol. The fourth-order valence-electron chi connectivity index (χ4n) is 2.32. The number of aromatic nitrogens is 1. The maximum atomic E-state index is 12.3. The van der Waals surface area contributed by atoms with Gasteiger partial charge in [0.25, 0.3) is 5.91 Å². The van der Waals surface area contributed by atoms with Crippen molar-refractivity contribution in [2.75, 3.05) is 6.61 Å². The Balaban J connectivity index is 2.08. The van der Waals surface area contributed by atoms with Gasteiger partial charge in [0, 0.05) is 17.9 Å². The molecule has 2 unspecified atom stereocenters. The van der Waals surface area contributed by atoms with E-state index in [9.17, 15) is 4.79 Å². The summed E-state index contributed by atoms with van der Waals surface area (Å²) in [6.45, 7) is 6.80.